The number of urea groups is 1. The molecule has 0 radical (unpaired) electrons. The summed E-state index contributed by atoms with van der Waals surface area (Å²) in [7, 11) is 0. The van der Waals surface area contributed by atoms with Crippen LogP contribution in [0.5, 0.6) is 0 Å². The summed E-state index contributed by atoms with van der Waals surface area (Å²) >= 11 is 0. The van der Waals surface area contributed by atoms with Crippen LogP contribution in [0.4, 0.5) is 4.79 Å². The highest BCUT2D eigenvalue weighted by Crippen LogP contribution is 1.99. The van der Waals surface area contributed by atoms with Gasteiger partial charge in [-0.1, -0.05) is 0 Å². The summed E-state index contributed by atoms with van der Waals surface area (Å²) < 4.78 is 5.15. The first-order valence-electron chi connectivity index (χ1n) is 6.64. The fourth-order valence-electron chi connectivity index (χ4n) is 1.85. The van der Waals surface area contributed by atoms with Crippen LogP contribution in [0.3, 0.4) is 0 Å². The Bertz CT molecular complexity index is 355. The fourth-order valence-corrected chi connectivity index (χ4v) is 1.85. The van der Waals surface area contributed by atoms with Crippen molar-refractivity contribution < 1.29 is 24.2 Å². The molecule has 8 heteroatoms. The standard InChI is InChI=1S/C12H21N3O5/c1-2-14(9-11(17)18)12(19)13-4-3-10(16)15-5-7-20-8-6-15/h2-9H2,1H3,(H,13,19)(H,17,18). The van der Waals surface area contributed by atoms with Gasteiger partial charge in [-0.25, -0.2) is 4.79 Å². The largest absolute Gasteiger partial charge is 0.480 e. The molecule has 0 bridgehead atoms. The zero-order valence-corrected chi connectivity index (χ0v) is 11.6. The van der Waals surface area contributed by atoms with E-state index in [2.05, 4.69) is 5.32 Å². The third-order valence-corrected chi connectivity index (χ3v) is 2.97. The van der Waals surface area contributed by atoms with Crippen molar-refractivity contribution in [2.45, 2.75) is 13.3 Å². The van der Waals surface area contributed by atoms with Crippen LogP contribution in [0.15, 0.2) is 0 Å². The predicted molar refractivity (Wildman–Crippen MR) is 70.3 cm³/mol. The molecule has 3 amide bonds. The number of hydrogen-bond acceptors (Lipinski definition) is 4. The molecular weight excluding hydrogens is 266 g/mol. The number of hydrogen-bond donors (Lipinski definition) is 2. The van der Waals surface area contributed by atoms with Gasteiger partial charge in [0.05, 0.1) is 13.2 Å². The molecule has 1 heterocycles. The summed E-state index contributed by atoms with van der Waals surface area (Å²) in [5, 5.41) is 11.2. The summed E-state index contributed by atoms with van der Waals surface area (Å²) in [4.78, 5) is 36.9. The van der Waals surface area contributed by atoms with E-state index in [1.54, 1.807) is 11.8 Å². The maximum Gasteiger partial charge on any atom is 0.323 e. The first kappa shape index (κ1) is 16.2. The highest BCUT2D eigenvalue weighted by atomic mass is 16.5. The van der Waals surface area contributed by atoms with E-state index in [9.17, 15) is 14.4 Å². The molecule has 114 valence electrons. The molecular formula is C12H21N3O5. The molecule has 0 aromatic carbocycles. The Balaban J connectivity index is 2.26. The molecule has 0 unspecified atom stereocenters. The van der Waals surface area contributed by atoms with E-state index in [1.165, 1.54) is 4.90 Å². The number of rotatable bonds is 6. The van der Waals surface area contributed by atoms with Gasteiger partial charge in [0.15, 0.2) is 0 Å². The quantitative estimate of drug-likeness (QED) is 0.676. The molecule has 1 aliphatic heterocycles. The molecule has 0 saturated carbocycles. The second-order valence-electron chi connectivity index (χ2n) is 4.38. The van der Waals surface area contributed by atoms with Gasteiger partial charge in [0.1, 0.15) is 6.54 Å². The Morgan fingerprint density at radius 2 is 1.95 bits per heavy atom. The van der Waals surface area contributed by atoms with Crippen LogP contribution in [-0.4, -0.2) is 78.8 Å². The Labute approximate surface area is 117 Å². The van der Waals surface area contributed by atoms with Crippen LogP contribution >= 0.6 is 0 Å². The summed E-state index contributed by atoms with van der Waals surface area (Å²) in [6, 6.07) is -0.468. The topological polar surface area (TPSA) is 99.2 Å². The van der Waals surface area contributed by atoms with Crippen molar-refractivity contribution in [3.63, 3.8) is 0 Å². The Morgan fingerprint density at radius 1 is 1.30 bits per heavy atom. The van der Waals surface area contributed by atoms with Crippen LogP contribution in [0.2, 0.25) is 0 Å². The predicted octanol–water partition coefficient (Wildman–Crippen LogP) is -0.649. The monoisotopic (exact) mass is 287 g/mol. The number of ether oxygens (including phenoxy) is 1. The average Bonchev–Trinajstić information content (AvgIpc) is 2.45. The van der Waals surface area contributed by atoms with Crippen LogP contribution in [0.25, 0.3) is 0 Å². The summed E-state index contributed by atoms with van der Waals surface area (Å²) in [6.45, 7) is 4.09. The van der Waals surface area contributed by atoms with Crippen LogP contribution < -0.4 is 5.32 Å². The summed E-state index contributed by atoms with van der Waals surface area (Å²) in [6.07, 6.45) is 0.205. The van der Waals surface area contributed by atoms with Crippen molar-refractivity contribution in [3.8, 4) is 0 Å². The lowest BCUT2D eigenvalue weighted by atomic mass is 10.3. The van der Waals surface area contributed by atoms with Crippen LogP contribution in [-0.2, 0) is 14.3 Å². The number of carbonyl (C=O) groups excluding carboxylic acids is 2. The third-order valence-electron chi connectivity index (χ3n) is 2.97. The van der Waals surface area contributed by atoms with Gasteiger partial charge >= 0.3 is 12.0 Å². The number of carboxylic acid groups (broad SMARTS) is 1. The zero-order chi connectivity index (χ0) is 15.0. The number of morpholine rings is 1. The van der Waals surface area contributed by atoms with Gasteiger partial charge in [0, 0.05) is 32.6 Å². The molecule has 1 fully saturated rings. The lowest BCUT2D eigenvalue weighted by molar-refractivity contribution is -0.138. The van der Waals surface area contributed by atoms with E-state index in [-0.39, 0.29) is 25.4 Å². The van der Waals surface area contributed by atoms with Gasteiger partial charge in [-0.3, -0.25) is 9.59 Å². The Hall–Kier alpha value is -1.83. The van der Waals surface area contributed by atoms with Crippen molar-refractivity contribution in [1.29, 1.82) is 0 Å². The molecule has 0 aromatic heterocycles. The smallest absolute Gasteiger partial charge is 0.323 e. The number of carbonyl (C=O) groups is 3. The highest BCUT2D eigenvalue weighted by Gasteiger charge is 2.18. The second kappa shape index (κ2) is 8.36. The normalized spacial score (nSPS) is 14.8. The molecule has 0 spiro atoms. The molecule has 0 aromatic rings. The number of nitrogens with one attached hydrogen (secondary N) is 1. The molecule has 1 aliphatic rings. The van der Waals surface area contributed by atoms with Gasteiger partial charge in [-0.15, -0.1) is 0 Å². The molecule has 2 N–H and O–H groups in total. The minimum atomic E-state index is -1.06. The maximum atomic E-state index is 11.8. The van der Waals surface area contributed by atoms with E-state index in [0.717, 1.165) is 0 Å². The third kappa shape index (κ3) is 5.43. The van der Waals surface area contributed by atoms with E-state index >= 15 is 0 Å². The number of aliphatic carboxylic acids is 1. The maximum absolute atomic E-state index is 11.8. The lowest BCUT2D eigenvalue weighted by Crippen LogP contribution is -2.45. The first-order chi connectivity index (χ1) is 9.54. The summed E-state index contributed by atoms with van der Waals surface area (Å²) in [5.41, 5.74) is 0. The average molecular weight is 287 g/mol. The number of carboxylic acids is 1. The SMILES string of the molecule is CCN(CC(=O)O)C(=O)NCCC(=O)N1CCOCC1. The number of likely N-dealkylation sites (N-methyl/N-ethyl adjacent to an activating group) is 1. The van der Waals surface area contributed by atoms with Crippen molar-refractivity contribution >= 4 is 17.9 Å². The molecule has 8 nitrogen and oxygen atoms in total. The van der Waals surface area contributed by atoms with E-state index < -0.39 is 12.0 Å². The molecule has 1 rings (SSSR count). The van der Waals surface area contributed by atoms with Crippen LogP contribution in [0, 0.1) is 0 Å². The number of amides is 3. The van der Waals surface area contributed by atoms with Gasteiger partial charge in [0.25, 0.3) is 0 Å². The molecule has 1 saturated heterocycles. The van der Waals surface area contributed by atoms with Crippen molar-refractivity contribution in [2.24, 2.45) is 0 Å². The molecule has 0 aliphatic carbocycles. The van der Waals surface area contributed by atoms with Crippen LogP contribution in [0.1, 0.15) is 13.3 Å². The molecule has 20 heavy (non-hydrogen) atoms. The highest BCUT2D eigenvalue weighted by molar-refractivity contribution is 5.81. The van der Waals surface area contributed by atoms with Gasteiger partial charge < -0.3 is 25.0 Å². The van der Waals surface area contributed by atoms with Gasteiger partial charge in [-0.05, 0) is 6.92 Å². The Kier molecular flexibility index (Phi) is 6.78. The van der Waals surface area contributed by atoms with Crippen molar-refractivity contribution in [1.82, 2.24) is 15.1 Å². The van der Waals surface area contributed by atoms with E-state index in [1.807, 2.05) is 0 Å². The van der Waals surface area contributed by atoms with Gasteiger partial charge in [0.2, 0.25) is 5.91 Å². The second-order valence-corrected chi connectivity index (χ2v) is 4.38. The van der Waals surface area contributed by atoms with E-state index in [4.69, 9.17) is 9.84 Å². The first-order valence-corrected chi connectivity index (χ1v) is 6.64. The van der Waals surface area contributed by atoms with Gasteiger partial charge in [-0.2, -0.15) is 0 Å². The zero-order valence-electron chi connectivity index (χ0n) is 11.6. The van der Waals surface area contributed by atoms with Crippen molar-refractivity contribution in [2.75, 3.05) is 45.9 Å². The molecule has 0 atom stereocenters. The Morgan fingerprint density at radius 3 is 2.50 bits per heavy atom. The van der Waals surface area contributed by atoms with E-state index in [0.29, 0.717) is 32.8 Å². The minimum Gasteiger partial charge on any atom is -0.480 e. The summed E-state index contributed by atoms with van der Waals surface area (Å²) in [5.74, 6) is -1.10. The lowest BCUT2D eigenvalue weighted by Gasteiger charge is -2.27. The van der Waals surface area contributed by atoms with Crippen molar-refractivity contribution in [3.05, 3.63) is 0 Å². The minimum absolute atomic E-state index is 0.0325. The fraction of sp³-hybridized carbons (Fsp3) is 0.750. The number of nitrogens with zero attached hydrogens (tertiary/aromatic N) is 2.